The number of alkyl carbamates (subject to hydrolysis) is 1. The zero-order chi connectivity index (χ0) is 31.6. The Morgan fingerprint density at radius 2 is 1.64 bits per heavy atom. The van der Waals surface area contributed by atoms with E-state index in [1.54, 1.807) is 4.90 Å². The number of carbonyl (C=O) groups is 5. The highest BCUT2D eigenvalue weighted by Gasteiger charge is 2.61. The molecule has 1 saturated heterocycles. The number of allylic oxidation sites excluding steroid dienone is 1. The lowest BCUT2D eigenvalue weighted by Gasteiger charge is -2.29. The molecule has 12 heteroatoms. The summed E-state index contributed by atoms with van der Waals surface area (Å²) in [5.41, 5.74) is 0.628. The quantitative estimate of drug-likeness (QED) is 0.430. The normalized spacial score (nSPS) is 31.0. The van der Waals surface area contributed by atoms with Crippen LogP contribution in [0.1, 0.15) is 81.8 Å². The van der Waals surface area contributed by atoms with E-state index in [0.29, 0.717) is 25.9 Å². The Balaban J connectivity index is 1.20. The number of nitrogens with one attached hydrogen (secondary N) is 2. The molecule has 3 fully saturated rings. The van der Waals surface area contributed by atoms with Crippen LogP contribution in [-0.4, -0.2) is 81.3 Å². The highest BCUT2D eigenvalue weighted by atomic mass is 16.6. The molecule has 1 unspecified atom stereocenters. The number of nitrogens with zero attached hydrogens (tertiary/aromatic N) is 2. The van der Waals surface area contributed by atoms with Crippen LogP contribution in [0.5, 0.6) is 0 Å². The van der Waals surface area contributed by atoms with Gasteiger partial charge in [0, 0.05) is 25.4 Å². The zero-order valence-electron chi connectivity index (χ0n) is 25.4. The van der Waals surface area contributed by atoms with Crippen LogP contribution in [0.2, 0.25) is 0 Å². The fourth-order valence-corrected chi connectivity index (χ4v) is 7.16. The van der Waals surface area contributed by atoms with Gasteiger partial charge < -0.3 is 30.1 Å². The number of aliphatic carboxylic acids is 1. The van der Waals surface area contributed by atoms with Crippen molar-refractivity contribution >= 4 is 30.0 Å². The van der Waals surface area contributed by atoms with Crippen molar-refractivity contribution in [1.29, 1.82) is 0 Å². The van der Waals surface area contributed by atoms with Crippen LogP contribution >= 0.6 is 0 Å². The van der Waals surface area contributed by atoms with Crippen molar-refractivity contribution < 1.29 is 38.6 Å². The number of ether oxygens (including phenoxy) is 2. The number of hydrogen-bond acceptors (Lipinski definition) is 7. The summed E-state index contributed by atoms with van der Waals surface area (Å²) in [6, 6.07) is 5.73. The van der Waals surface area contributed by atoms with E-state index in [2.05, 4.69) is 10.6 Å². The SMILES string of the molecule is O=C(N[C@@H]1CCCCC/C=C\C2C[C@@]2(C(=O)O)NC(=O)[C@@H]2C[C@@H](OC(=O)N3Cc4ccccc4C3)CN2C1=O)OC1CCCC1. The van der Waals surface area contributed by atoms with Crippen molar-refractivity contribution in [3.63, 3.8) is 0 Å². The fraction of sp³-hybridized carbons (Fsp3) is 0.606. The van der Waals surface area contributed by atoms with E-state index in [9.17, 15) is 29.1 Å². The molecule has 4 amide bonds. The summed E-state index contributed by atoms with van der Waals surface area (Å²) < 4.78 is 11.4. The maximum Gasteiger partial charge on any atom is 0.410 e. The molecular formula is C33H42N4O8. The predicted octanol–water partition coefficient (Wildman–Crippen LogP) is 3.63. The van der Waals surface area contributed by atoms with Crippen LogP contribution in [-0.2, 0) is 36.9 Å². The number of rotatable bonds is 4. The lowest BCUT2D eigenvalue weighted by Crippen LogP contribution is -2.56. The minimum atomic E-state index is -1.44. The van der Waals surface area contributed by atoms with Crippen LogP contribution in [0, 0.1) is 5.92 Å². The summed E-state index contributed by atoms with van der Waals surface area (Å²) in [4.78, 5) is 69.2. The molecule has 0 spiro atoms. The number of fused-ring (bicyclic) bond motifs is 3. The first-order chi connectivity index (χ1) is 21.7. The molecule has 12 nitrogen and oxygen atoms in total. The second-order valence-corrected chi connectivity index (χ2v) is 13.0. The summed E-state index contributed by atoms with van der Waals surface area (Å²) in [6.07, 6.45) is 8.86. The van der Waals surface area contributed by atoms with Gasteiger partial charge in [0.25, 0.3) is 0 Å². The summed E-state index contributed by atoms with van der Waals surface area (Å²) in [7, 11) is 0. The first-order valence-electron chi connectivity index (χ1n) is 16.3. The molecule has 0 aromatic heterocycles. The lowest BCUT2D eigenvalue weighted by atomic mass is 10.0. The number of hydrogen-bond donors (Lipinski definition) is 3. The molecule has 2 saturated carbocycles. The highest BCUT2D eigenvalue weighted by molar-refractivity contribution is 5.96. The van der Waals surface area contributed by atoms with E-state index >= 15 is 0 Å². The van der Waals surface area contributed by atoms with Crippen LogP contribution in [0.4, 0.5) is 9.59 Å². The summed E-state index contributed by atoms with van der Waals surface area (Å²) in [6.45, 7) is 0.752. The molecule has 45 heavy (non-hydrogen) atoms. The maximum atomic E-state index is 14.1. The number of benzene rings is 1. The van der Waals surface area contributed by atoms with Gasteiger partial charge in [0.05, 0.1) is 6.54 Å². The van der Waals surface area contributed by atoms with Crippen LogP contribution in [0.3, 0.4) is 0 Å². The Morgan fingerprint density at radius 1 is 0.933 bits per heavy atom. The zero-order valence-corrected chi connectivity index (χ0v) is 25.4. The Hall–Kier alpha value is -4.09. The van der Waals surface area contributed by atoms with Gasteiger partial charge in [0.1, 0.15) is 29.8 Å². The van der Waals surface area contributed by atoms with Gasteiger partial charge >= 0.3 is 18.2 Å². The molecule has 1 aromatic carbocycles. The average Bonchev–Trinajstić information content (AvgIpc) is 3.43. The van der Waals surface area contributed by atoms with E-state index in [4.69, 9.17) is 9.47 Å². The van der Waals surface area contributed by atoms with Gasteiger partial charge in [-0.15, -0.1) is 0 Å². The molecule has 5 atom stereocenters. The third-order valence-electron chi connectivity index (χ3n) is 9.86. The highest BCUT2D eigenvalue weighted by Crippen LogP contribution is 2.45. The molecule has 242 valence electrons. The monoisotopic (exact) mass is 622 g/mol. The molecule has 5 aliphatic rings. The molecule has 3 heterocycles. The smallest absolute Gasteiger partial charge is 0.410 e. The Kier molecular flexibility index (Phi) is 9.00. The third-order valence-corrected chi connectivity index (χ3v) is 9.86. The predicted molar refractivity (Wildman–Crippen MR) is 161 cm³/mol. The standard InChI is InChI=1S/C33H42N4O8/c38-28-27-16-25(45-32(43)36-18-21-10-6-7-11-22(21)19-36)20-37(27)29(39)26(34-31(42)44-24-13-8-9-14-24)15-5-3-1-2-4-12-23-17-33(23,35-28)30(40)41/h4,6-7,10-12,23-27H,1-3,5,8-9,13-20H2,(H,34,42)(H,35,38)(H,40,41)/b12-4-/t23?,25-,26-,27+,33-/m1/s1. The van der Waals surface area contributed by atoms with E-state index in [-0.39, 0.29) is 31.4 Å². The lowest BCUT2D eigenvalue weighted by molar-refractivity contribution is -0.145. The van der Waals surface area contributed by atoms with E-state index in [1.807, 2.05) is 36.4 Å². The van der Waals surface area contributed by atoms with Crippen LogP contribution in [0.15, 0.2) is 36.4 Å². The molecule has 0 bridgehead atoms. The van der Waals surface area contributed by atoms with Gasteiger partial charge in [-0.3, -0.25) is 14.5 Å². The summed E-state index contributed by atoms with van der Waals surface area (Å²) in [5, 5.41) is 15.5. The first kappa shape index (κ1) is 30.9. The van der Waals surface area contributed by atoms with Crippen LogP contribution in [0.25, 0.3) is 0 Å². The largest absolute Gasteiger partial charge is 0.479 e. The van der Waals surface area contributed by atoms with Crippen molar-refractivity contribution in [2.45, 2.75) is 114 Å². The summed E-state index contributed by atoms with van der Waals surface area (Å²) >= 11 is 0. The van der Waals surface area contributed by atoms with Gasteiger partial charge in [0.2, 0.25) is 11.8 Å². The minimum absolute atomic E-state index is 0.0134. The van der Waals surface area contributed by atoms with Crippen molar-refractivity contribution in [2.24, 2.45) is 5.92 Å². The van der Waals surface area contributed by atoms with Gasteiger partial charge in [-0.2, -0.15) is 0 Å². The Bertz CT molecular complexity index is 1330. The van der Waals surface area contributed by atoms with E-state index < -0.39 is 53.7 Å². The van der Waals surface area contributed by atoms with Crippen molar-refractivity contribution in [3.8, 4) is 0 Å². The molecule has 6 rings (SSSR count). The first-order valence-corrected chi connectivity index (χ1v) is 16.3. The average molecular weight is 623 g/mol. The molecule has 1 aromatic rings. The van der Waals surface area contributed by atoms with Crippen molar-refractivity contribution in [3.05, 3.63) is 47.5 Å². The van der Waals surface area contributed by atoms with Gasteiger partial charge in [-0.05, 0) is 62.5 Å². The number of carbonyl (C=O) groups excluding carboxylic acids is 4. The fourth-order valence-electron chi connectivity index (χ4n) is 7.16. The Labute approximate surface area is 262 Å². The third kappa shape index (κ3) is 6.79. The number of carboxylic acid groups (broad SMARTS) is 1. The van der Waals surface area contributed by atoms with Gasteiger partial charge in [0.15, 0.2) is 0 Å². The minimum Gasteiger partial charge on any atom is -0.479 e. The molecule has 2 aliphatic carbocycles. The second-order valence-electron chi connectivity index (χ2n) is 13.0. The molecule has 0 radical (unpaired) electrons. The maximum absolute atomic E-state index is 14.1. The number of amides is 4. The second kappa shape index (κ2) is 13.1. The van der Waals surface area contributed by atoms with Gasteiger partial charge in [-0.1, -0.05) is 49.3 Å². The topological polar surface area (TPSA) is 155 Å². The Morgan fingerprint density at radius 3 is 2.36 bits per heavy atom. The molecule has 3 aliphatic heterocycles. The van der Waals surface area contributed by atoms with Gasteiger partial charge in [-0.25, -0.2) is 14.4 Å². The van der Waals surface area contributed by atoms with Crippen molar-refractivity contribution in [1.82, 2.24) is 20.4 Å². The number of carboxylic acids is 1. The van der Waals surface area contributed by atoms with E-state index in [0.717, 1.165) is 56.1 Å². The van der Waals surface area contributed by atoms with E-state index in [1.165, 1.54) is 4.90 Å². The van der Waals surface area contributed by atoms with Crippen molar-refractivity contribution in [2.75, 3.05) is 6.54 Å². The molecule has 3 N–H and O–H groups in total. The van der Waals surface area contributed by atoms with Crippen LogP contribution < -0.4 is 10.6 Å². The molecular weight excluding hydrogens is 580 g/mol. The summed E-state index contributed by atoms with van der Waals surface area (Å²) in [5.74, 6) is -2.57.